The summed E-state index contributed by atoms with van der Waals surface area (Å²) in [5.41, 5.74) is 31.3. The van der Waals surface area contributed by atoms with Crippen molar-refractivity contribution in [3.8, 4) is 22.3 Å². The Morgan fingerprint density at radius 3 is 1.56 bits per heavy atom. The van der Waals surface area contributed by atoms with Crippen LogP contribution in [0.25, 0.3) is 22.3 Å². The molecule has 4 bridgehead atoms. The molecule has 1 fully saturated rings. The van der Waals surface area contributed by atoms with Gasteiger partial charge in [-0.05, 0) is 172 Å². The number of hydrogen-bond donors (Lipinski definition) is 0. The molecular formula is C86H94BN3. The molecule has 0 radical (unpaired) electrons. The fraction of sp³-hybridized carbons (Fsp3) is 0.372. The van der Waals surface area contributed by atoms with E-state index in [2.05, 4.69) is 322 Å². The van der Waals surface area contributed by atoms with Crippen LogP contribution in [0, 0.1) is 5.41 Å². The van der Waals surface area contributed by atoms with E-state index >= 15 is 0 Å². The molecule has 5 aliphatic heterocycles. The van der Waals surface area contributed by atoms with E-state index in [-0.39, 0.29) is 50.2 Å². The van der Waals surface area contributed by atoms with Gasteiger partial charge in [0.25, 0.3) is 6.71 Å². The molecular weight excluding hydrogens is 1090 g/mol. The standard InChI is InChI=1S/C86H94BN3/c1-78(2,3)54-32-37-60(38-33-54)88(61-39-34-55(35-40-61)79(4,5)6)62-51-71-74-72(52-62)90-76-67(84(18)44-26-27-45-85(84,90)19)48-59(81(10,11)12)50-70(76)87(74)69-43-42-65-73-63-41-36-57(47-66(63)83(65,16)17)86(82(13,14)15,56-30-24-21-25-31-56)68-49-58(80(7,8)9)46-64(53-28-22-20-23-29-53)75(68)89(71)77(69)73/h20-25,28-43,46-52H,26-27,44-45H2,1-19H3. The second-order valence-corrected chi connectivity index (χ2v) is 34.2. The first-order valence-electron chi connectivity index (χ1n) is 33.9. The lowest BCUT2D eigenvalue weighted by Crippen LogP contribution is -2.64. The summed E-state index contributed by atoms with van der Waals surface area (Å²) >= 11 is 0. The van der Waals surface area contributed by atoms with Crippen molar-refractivity contribution < 1.29 is 0 Å². The Morgan fingerprint density at radius 1 is 0.411 bits per heavy atom. The first-order valence-corrected chi connectivity index (χ1v) is 33.9. The van der Waals surface area contributed by atoms with Gasteiger partial charge >= 0.3 is 0 Å². The zero-order chi connectivity index (χ0) is 63.6. The van der Waals surface area contributed by atoms with Gasteiger partial charge in [-0.2, -0.15) is 0 Å². The van der Waals surface area contributed by atoms with Crippen molar-refractivity contribution >= 4 is 68.6 Å². The van der Waals surface area contributed by atoms with Crippen molar-refractivity contribution in [1.29, 1.82) is 0 Å². The largest absolute Gasteiger partial charge is 0.335 e. The number of fused-ring (bicyclic) bond motifs is 7. The lowest BCUT2D eigenvalue weighted by molar-refractivity contribution is 0.195. The van der Waals surface area contributed by atoms with Crippen molar-refractivity contribution in [2.24, 2.45) is 5.41 Å². The van der Waals surface area contributed by atoms with Gasteiger partial charge in [0.2, 0.25) is 0 Å². The minimum atomic E-state index is -0.674. The van der Waals surface area contributed by atoms with Crippen molar-refractivity contribution in [3.63, 3.8) is 0 Å². The molecule has 5 heterocycles. The maximum absolute atomic E-state index is 2.97. The van der Waals surface area contributed by atoms with Gasteiger partial charge in [-0.1, -0.05) is 271 Å². The lowest BCUT2D eigenvalue weighted by atomic mass is 9.33. The normalized spacial score (nSPS) is 20.8. The third kappa shape index (κ3) is 8.03. The van der Waals surface area contributed by atoms with Crippen LogP contribution in [-0.2, 0) is 37.9 Å². The summed E-state index contributed by atoms with van der Waals surface area (Å²) in [5, 5.41) is 0. The van der Waals surface area contributed by atoms with Gasteiger partial charge in [0, 0.05) is 56.1 Å². The van der Waals surface area contributed by atoms with E-state index in [0.29, 0.717) is 0 Å². The Balaban J connectivity index is 1.19. The second kappa shape index (κ2) is 19.0. The summed E-state index contributed by atoms with van der Waals surface area (Å²) in [6, 6.07) is 71.3. The fourth-order valence-electron chi connectivity index (χ4n) is 18.2. The number of benzene rings is 9. The fourth-order valence-corrected chi connectivity index (χ4v) is 18.2. The van der Waals surface area contributed by atoms with E-state index < -0.39 is 5.41 Å². The van der Waals surface area contributed by atoms with E-state index in [4.69, 9.17) is 0 Å². The summed E-state index contributed by atoms with van der Waals surface area (Å²) in [5.74, 6) is 0. The average molecular weight is 1180 g/mol. The number of rotatable bonds is 5. The molecule has 1 saturated carbocycles. The van der Waals surface area contributed by atoms with Gasteiger partial charge in [-0.25, -0.2) is 0 Å². The number of nitrogens with zero attached hydrogens (tertiary/aromatic N) is 3. The molecule has 2 aliphatic carbocycles. The third-order valence-electron chi connectivity index (χ3n) is 23.4. The molecule has 16 rings (SSSR count). The molecule has 4 heteroatoms. The summed E-state index contributed by atoms with van der Waals surface area (Å²) in [7, 11) is 0. The molecule has 90 heavy (non-hydrogen) atoms. The van der Waals surface area contributed by atoms with Crippen LogP contribution < -0.4 is 31.1 Å². The highest BCUT2D eigenvalue weighted by Crippen LogP contribution is 2.67. The molecule has 3 nitrogen and oxygen atoms in total. The van der Waals surface area contributed by atoms with Gasteiger partial charge < -0.3 is 14.7 Å². The maximum Gasteiger partial charge on any atom is 0.252 e. The zero-order valence-corrected chi connectivity index (χ0v) is 57.5. The molecule has 3 unspecified atom stereocenters. The molecule has 9 aromatic rings. The SMILES string of the molecule is CC(C)(C)c1ccc(N(c2ccc(C(C)(C)C)cc2)c2cc3c4c(c2)N2c5c(cc(C(C)(C)C)cc5C5(C)CCCCC25C)B4c2ccc4c5c2N3c2c(-c3ccccc3)cc(C(C)(C)C)cc2C(c2ccccc2)(C(C)(C)C)c2ccc-5c(c2)C4(C)C)cc1. The molecule has 3 atom stereocenters. The second-order valence-electron chi connectivity index (χ2n) is 34.2. The molecule has 0 N–H and O–H groups in total. The smallest absolute Gasteiger partial charge is 0.252 e. The first-order chi connectivity index (χ1) is 42.3. The molecule has 7 aliphatic rings. The minimum absolute atomic E-state index is 0.0114. The number of hydrogen-bond acceptors (Lipinski definition) is 3. The summed E-state index contributed by atoms with van der Waals surface area (Å²) < 4.78 is 0. The Hall–Kier alpha value is -7.56. The topological polar surface area (TPSA) is 9.72 Å². The average Bonchev–Trinajstić information content (AvgIpc) is 1.38. The van der Waals surface area contributed by atoms with Gasteiger partial charge in [-0.3, -0.25) is 0 Å². The Kier molecular flexibility index (Phi) is 12.4. The van der Waals surface area contributed by atoms with Crippen molar-refractivity contribution in [1.82, 2.24) is 0 Å². The lowest BCUT2D eigenvalue weighted by Gasteiger charge is -2.54. The van der Waals surface area contributed by atoms with E-state index in [0.717, 1.165) is 29.9 Å². The van der Waals surface area contributed by atoms with Crippen molar-refractivity contribution in [3.05, 3.63) is 232 Å². The van der Waals surface area contributed by atoms with Crippen molar-refractivity contribution in [2.75, 3.05) is 14.7 Å². The van der Waals surface area contributed by atoms with E-state index in [1.807, 2.05) is 0 Å². The molecule has 456 valence electrons. The van der Waals surface area contributed by atoms with Gasteiger partial charge in [0.05, 0.1) is 22.3 Å². The molecule has 0 saturated heterocycles. The van der Waals surface area contributed by atoms with E-state index in [9.17, 15) is 0 Å². The minimum Gasteiger partial charge on any atom is -0.335 e. The van der Waals surface area contributed by atoms with Crippen molar-refractivity contribution in [2.45, 2.75) is 201 Å². The number of anilines is 8. The summed E-state index contributed by atoms with van der Waals surface area (Å²) in [6.45, 7) is 46.4. The maximum atomic E-state index is 2.97. The third-order valence-corrected chi connectivity index (χ3v) is 23.4. The van der Waals surface area contributed by atoms with Crippen LogP contribution in [0.2, 0.25) is 0 Å². The van der Waals surface area contributed by atoms with E-state index in [1.54, 1.807) is 5.56 Å². The zero-order valence-electron chi connectivity index (χ0n) is 57.5. The van der Waals surface area contributed by atoms with Gasteiger partial charge in [0.1, 0.15) is 0 Å². The molecule has 9 aromatic carbocycles. The summed E-state index contributed by atoms with van der Waals surface area (Å²) in [4.78, 5) is 8.50. The predicted octanol–water partition coefficient (Wildman–Crippen LogP) is 21.4. The van der Waals surface area contributed by atoms with Gasteiger partial charge in [-0.15, -0.1) is 0 Å². The predicted molar refractivity (Wildman–Crippen MR) is 387 cm³/mol. The van der Waals surface area contributed by atoms with Crippen LogP contribution in [0.3, 0.4) is 0 Å². The van der Waals surface area contributed by atoms with Crippen LogP contribution in [0.1, 0.15) is 213 Å². The molecule has 0 spiro atoms. The first kappa shape index (κ1) is 58.8. The van der Waals surface area contributed by atoms with Crippen LogP contribution in [0.5, 0.6) is 0 Å². The highest BCUT2D eigenvalue weighted by molar-refractivity contribution is 7.00. The summed E-state index contributed by atoms with van der Waals surface area (Å²) in [6.07, 6.45) is 4.69. The Bertz CT molecular complexity index is 4380. The Morgan fingerprint density at radius 2 is 0.967 bits per heavy atom. The van der Waals surface area contributed by atoms with Crippen LogP contribution in [-0.4, -0.2) is 12.3 Å². The van der Waals surface area contributed by atoms with Crippen LogP contribution >= 0.6 is 0 Å². The molecule has 0 aromatic heterocycles. The van der Waals surface area contributed by atoms with Crippen LogP contribution in [0.4, 0.5) is 45.5 Å². The highest BCUT2D eigenvalue weighted by Gasteiger charge is 2.63. The monoisotopic (exact) mass is 1180 g/mol. The molecule has 0 amide bonds. The quantitative estimate of drug-likeness (QED) is 0.159. The van der Waals surface area contributed by atoms with Crippen LogP contribution in [0.15, 0.2) is 176 Å². The van der Waals surface area contributed by atoms with E-state index in [1.165, 1.54) is 130 Å². The van der Waals surface area contributed by atoms with Gasteiger partial charge in [0.15, 0.2) is 0 Å². The Labute approximate surface area is 540 Å². The highest BCUT2D eigenvalue weighted by atomic mass is 15.3.